The lowest BCUT2D eigenvalue weighted by Crippen LogP contribution is -2.03. The molecule has 1 aromatic carbocycles. The van der Waals surface area contributed by atoms with E-state index in [1.54, 1.807) is 12.3 Å². The van der Waals surface area contributed by atoms with Gasteiger partial charge in [-0.2, -0.15) is 0 Å². The monoisotopic (exact) mass is 294 g/mol. The van der Waals surface area contributed by atoms with Crippen LogP contribution in [0, 0.1) is 12.7 Å². The topological polar surface area (TPSA) is 24.9 Å². The predicted octanol–water partition coefficient (Wildman–Crippen LogP) is 3.90. The van der Waals surface area contributed by atoms with Crippen LogP contribution in [-0.4, -0.2) is 4.98 Å². The van der Waals surface area contributed by atoms with E-state index in [4.69, 9.17) is 0 Å². The maximum atomic E-state index is 13.5. The van der Waals surface area contributed by atoms with Crippen molar-refractivity contribution in [2.75, 3.05) is 5.32 Å². The molecule has 0 amide bonds. The molecule has 1 aromatic heterocycles. The number of nitrogens with zero attached hydrogens (tertiary/aromatic N) is 1. The summed E-state index contributed by atoms with van der Waals surface area (Å²) >= 11 is 3.32. The molecule has 2 aromatic rings. The lowest BCUT2D eigenvalue weighted by Gasteiger charge is -2.07. The molecule has 0 aliphatic rings. The molecule has 0 unspecified atom stereocenters. The fourth-order valence-corrected chi connectivity index (χ4v) is 1.69. The molecule has 88 valence electrons. The zero-order chi connectivity index (χ0) is 12.3. The zero-order valence-electron chi connectivity index (χ0n) is 9.37. The summed E-state index contributed by atoms with van der Waals surface area (Å²) in [7, 11) is 0. The van der Waals surface area contributed by atoms with Crippen molar-refractivity contribution in [1.29, 1.82) is 0 Å². The van der Waals surface area contributed by atoms with Crippen molar-refractivity contribution in [3.05, 3.63) is 58.1 Å². The molecule has 0 saturated carbocycles. The maximum Gasteiger partial charge on any atom is 0.146 e. The Balaban J connectivity index is 2.04. The summed E-state index contributed by atoms with van der Waals surface area (Å²) in [6.45, 7) is 2.37. The Kier molecular flexibility index (Phi) is 3.74. The van der Waals surface area contributed by atoms with Crippen LogP contribution in [-0.2, 0) is 6.54 Å². The summed E-state index contributed by atoms with van der Waals surface area (Å²) < 4.78 is 14.5. The number of aryl methyl sites for hydroxylation is 1. The molecule has 0 fully saturated rings. The fraction of sp³-hybridized carbons (Fsp3) is 0.154. The molecule has 0 saturated heterocycles. The van der Waals surface area contributed by atoms with Gasteiger partial charge in [-0.15, -0.1) is 0 Å². The average Bonchev–Trinajstić information content (AvgIpc) is 2.30. The highest BCUT2D eigenvalue weighted by atomic mass is 79.9. The summed E-state index contributed by atoms with van der Waals surface area (Å²) in [5, 5.41) is 3.02. The van der Waals surface area contributed by atoms with Crippen LogP contribution in [0.5, 0.6) is 0 Å². The second-order valence-electron chi connectivity index (χ2n) is 3.80. The van der Waals surface area contributed by atoms with E-state index in [9.17, 15) is 4.39 Å². The normalized spacial score (nSPS) is 10.3. The van der Waals surface area contributed by atoms with E-state index in [1.807, 2.05) is 25.1 Å². The number of halogens is 2. The van der Waals surface area contributed by atoms with Gasteiger partial charge in [0, 0.05) is 10.7 Å². The van der Waals surface area contributed by atoms with Gasteiger partial charge in [-0.25, -0.2) is 4.39 Å². The number of pyridine rings is 1. The van der Waals surface area contributed by atoms with Crippen molar-refractivity contribution in [2.45, 2.75) is 13.5 Å². The number of hydrogen-bond donors (Lipinski definition) is 1. The smallest absolute Gasteiger partial charge is 0.146 e. The number of hydrogen-bond acceptors (Lipinski definition) is 2. The van der Waals surface area contributed by atoms with Crippen molar-refractivity contribution in [3.8, 4) is 0 Å². The van der Waals surface area contributed by atoms with Crippen LogP contribution >= 0.6 is 15.9 Å². The lowest BCUT2D eigenvalue weighted by atomic mass is 10.2. The third-order valence-electron chi connectivity index (χ3n) is 2.37. The van der Waals surface area contributed by atoms with Gasteiger partial charge in [-0.1, -0.05) is 6.07 Å². The molecular weight excluding hydrogens is 283 g/mol. The van der Waals surface area contributed by atoms with Gasteiger partial charge in [0.2, 0.25) is 0 Å². The van der Waals surface area contributed by atoms with Gasteiger partial charge in [-0.3, -0.25) is 4.98 Å². The van der Waals surface area contributed by atoms with E-state index in [1.165, 1.54) is 6.07 Å². The molecule has 17 heavy (non-hydrogen) atoms. The Bertz CT molecular complexity index is 511. The van der Waals surface area contributed by atoms with Crippen molar-refractivity contribution < 1.29 is 4.39 Å². The first kappa shape index (κ1) is 12.0. The molecule has 0 radical (unpaired) electrons. The van der Waals surface area contributed by atoms with Crippen LogP contribution in [0.3, 0.4) is 0 Å². The first-order valence-corrected chi connectivity index (χ1v) is 6.05. The van der Waals surface area contributed by atoms with E-state index in [0.29, 0.717) is 12.2 Å². The molecule has 1 heterocycles. The first-order valence-electron chi connectivity index (χ1n) is 5.25. The molecular formula is C13H12BrFN2. The molecule has 0 atom stereocenters. The highest BCUT2D eigenvalue weighted by Crippen LogP contribution is 2.16. The molecule has 1 N–H and O–H groups in total. The molecule has 0 spiro atoms. The molecule has 4 heteroatoms. The van der Waals surface area contributed by atoms with E-state index in [2.05, 4.69) is 26.2 Å². The largest absolute Gasteiger partial charge is 0.377 e. The first-order chi connectivity index (χ1) is 8.15. The van der Waals surface area contributed by atoms with Crippen LogP contribution in [0.4, 0.5) is 10.1 Å². The lowest BCUT2D eigenvalue weighted by molar-refractivity contribution is 0.629. The number of nitrogens with one attached hydrogen (secondary N) is 1. The van der Waals surface area contributed by atoms with Gasteiger partial charge >= 0.3 is 0 Å². The third-order valence-corrected chi connectivity index (χ3v) is 2.84. The van der Waals surface area contributed by atoms with Crippen LogP contribution in [0.25, 0.3) is 0 Å². The molecule has 0 bridgehead atoms. The number of anilines is 1. The summed E-state index contributed by atoms with van der Waals surface area (Å²) in [5.41, 5.74) is 2.28. The van der Waals surface area contributed by atoms with Crippen LogP contribution < -0.4 is 5.32 Å². The van der Waals surface area contributed by atoms with E-state index in [0.717, 1.165) is 15.7 Å². The number of aromatic nitrogens is 1. The standard InChI is InChI=1S/C13H12BrFN2/c1-9-2-5-13(12(15)6-9)17-8-11-4-3-10(14)7-16-11/h2-7,17H,8H2,1H3. The third kappa shape index (κ3) is 3.27. The van der Waals surface area contributed by atoms with Crippen LogP contribution in [0.2, 0.25) is 0 Å². The summed E-state index contributed by atoms with van der Waals surface area (Å²) in [6.07, 6.45) is 1.72. The van der Waals surface area contributed by atoms with Crippen molar-refractivity contribution in [3.63, 3.8) is 0 Å². The average molecular weight is 295 g/mol. The maximum absolute atomic E-state index is 13.5. The van der Waals surface area contributed by atoms with E-state index < -0.39 is 0 Å². The van der Waals surface area contributed by atoms with Gasteiger partial charge in [0.15, 0.2) is 0 Å². The highest BCUT2D eigenvalue weighted by Gasteiger charge is 2.02. The SMILES string of the molecule is Cc1ccc(NCc2ccc(Br)cn2)c(F)c1. The van der Waals surface area contributed by atoms with Crippen molar-refractivity contribution in [1.82, 2.24) is 4.98 Å². The summed E-state index contributed by atoms with van der Waals surface area (Å²) in [6, 6.07) is 8.93. The Morgan fingerprint density at radius 1 is 1.29 bits per heavy atom. The Morgan fingerprint density at radius 3 is 2.76 bits per heavy atom. The minimum atomic E-state index is -0.234. The van der Waals surface area contributed by atoms with Gasteiger partial charge in [0.05, 0.1) is 17.9 Å². The quantitative estimate of drug-likeness (QED) is 0.928. The molecule has 2 rings (SSSR count). The van der Waals surface area contributed by atoms with Gasteiger partial charge < -0.3 is 5.32 Å². The minimum absolute atomic E-state index is 0.234. The fourth-order valence-electron chi connectivity index (χ4n) is 1.46. The molecule has 0 aliphatic heterocycles. The van der Waals surface area contributed by atoms with Crippen molar-refractivity contribution in [2.24, 2.45) is 0 Å². The van der Waals surface area contributed by atoms with Crippen molar-refractivity contribution >= 4 is 21.6 Å². The molecule has 0 aliphatic carbocycles. The van der Waals surface area contributed by atoms with E-state index >= 15 is 0 Å². The highest BCUT2D eigenvalue weighted by molar-refractivity contribution is 9.10. The summed E-state index contributed by atoms with van der Waals surface area (Å²) in [5.74, 6) is -0.234. The second-order valence-corrected chi connectivity index (χ2v) is 4.72. The van der Waals surface area contributed by atoms with Gasteiger partial charge in [0.25, 0.3) is 0 Å². The van der Waals surface area contributed by atoms with Gasteiger partial charge in [0.1, 0.15) is 5.82 Å². The Hall–Kier alpha value is -1.42. The second kappa shape index (κ2) is 5.27. The Morgan fingerprint density at radius 2 is 2.12 bits per heavy atom. The van der Waals surface area contributed by atoms with Crippen LogP contribution in [0.15, 0.2) is 41.0 Å². The van der Waals surface area contributed by atoms with Gasteiger partial charge in [-0.05, 0) is 52.7 Å². The molecule has 2 nitrogen and oxygen atoms in total. The number of rotatable bonds is 3. The number of benzene rings is 1. The summed E-state index contributed by atoms with van der Waals surface area (Å²) in [4.78, 5) is 4.21. The minimum Gasteiger partial charge on any atom is -0.377 e. The predicted molar refractivity (Wildman–Crippen MR) is 70.4 cm³/mol. The zero-order valence-corrected chi connectivity index (χ0v) is 11.0. The Labute approximate surface area is 108 Å². The van der Waals surface area contributed by atoms with Crippen LogP contribution in [0.1, 0.15) is 11.3 Å². The van der Waals surface area contributed by atoms with E-state index in [-0.39, 0.29) is 5.82 Å².